The highest BCUT2D eigenvalue weighted by Gasteiger charge is 2.15. The van der Waals surface area contributed by atoms with E-state index in [0.29, 0.717) is 41.0 Å². The van der Waals surface area contributed by atoms with Gasteiger partial charge in [-0.15, -0.1) is 0 Å². The van der Waals surface area contributed by atoms with Crippen molar-refractivity contribution in [2.75, 3.05) is 11.9 Å². The summed E-state index contributed by atoms with van der Waals surface area (Å²) in [6, 6.07) is 20.9. The number of benzene rings is 3. The first kappa shape index (κ1) is 24.9. The van der Waals surface area contributed by atoms with Gasteiger partial charge in [0.05, 0.1) is 11.6 Å². The number of rotatable bonds is 9. The van der Waals surface area contributed by atoms with Crippen LogP contribution in [-0.2, 0) is 17.8 Å². The van der Waals surface area contributed by atoms with Crippen LogP contribution in [0.4, 0.5) is 5.69 Å². The molecule has 0 aliphatic carbocycles. The first-order chi connectivity index (χ1) is 16.4. The van der Waals surface area contributed by atoms with E-state index >= 15 is 0 Å². The van der Waals surface area contributed by atoms with Crippen molar-refractivity contribution in [2.24, 2.45) is 0 Å². The summed E-state index contributed by atoms with van der Waals surface area (Å²) in [6.45, 7) is 6.63. The van der Waals surface area contributed by atoms with E-state index in [1.807, 2.05) is 75.4 Å². The standard InChI is InChI=1S/C28H27ClN2O3/c1-4-22-8-6-7-9-25(22)31-28(32)23(17-30)14-21-15-24(29)27(26(16-21)33-5-2)34-18-20-12-10-19(3)11-13-20/h6-16H,4-5,18H2,1-3H3,(H,31,32)/b23-14+. The normalized spacial score (nSPS) is 11.0. The lowest BCUT2D eigenvalue weighted by Crippen LogP contribution is -2.14. The third kappa shape index (κ3) is 6.40. The summed E-state index contributed by atoms with van der Waals surface area (Å²) in [5.41, 5.74) is 4.37. The Kier molecular flexibility index (Phi) is 8.73. The van der Waals surface area contributed by atoms with Gasteiger partial charge in [0.25, 0.3) is 5.91 Å². The Morgan fingerprint density at radius 2 is 1.82 bits per heavy atom. The van der Waals surface area contributed by atoms with Crippen LogP contribution < -0.4 is 14.8 Å². The van der Waals surface area contributed by atoms with Crippen LogP contribution in [0.25, 0.3) is 6.08 Å². The van der Waals surface area contributed by atoms with E-state index in [1.165, 1.54) is 11.6 Å². The van der Waals surface area contributed by atoms with E-state index in [1.54, 1.807) is 12.1 Å². The average Bonchev–Trinajstić information content (AvgIpc) is 2.83. The number of nitrogens with zero attached hydrogens (tertiary/aromatic N) is 1. The van der Waals surface area contributed by atoms with Crippen LogP contribution in [0.1, 0.15) is 36.1 Å². The second-order valence-electron chi connectivity index (χ2n) is 7.67. The third-order valence-corrected chi connectivity index (χ3v) is 5.44. The zero-order valence-corrected chi connectivity index (χ0v) is 20.3. The highest BCUT2D eigenvalue weighted by Crippen LogP contribution is 2.38. The van der Waals surface area contributed by atoms with Crippen molar-refractivity contribution in [1.29, 1.82) is 5.26 Å². The van der Waals surface area contributed by atoms with Crippen molar-refractivity contribution >= 4 is 29.3 Å². The van der Waals surface area contributed by atoms with Gasteiger partial charge in [0, 0.05) is 5.69 Å². The number of nitriles is 1. The van der Waals surface area contributed by atoms with E-state index in [4.69, 9.17) is 21.1 Å². The van der Waals surface area contributed by atoms with Gasteiger partial charge < -0.3 is 14.8 Å². The lowest BCUT2D eigenvalue weighted by Gasteiger charge is -2.15. The Labute approximate surface area is 205 Å². The van der Waals surface area contributed by atoms with Gasteiger partial charge in [-0.25, -0.2) is 0 Å². The fourth-order valence-corrected chi connectivity index (χ4v) is 3.64. The number of anilines is 1. The summed E-state index contributed by atoms with van der Waals surface area (Å²) in [5.74, 6) is 0.376. The molecule has 5 nitrogen and oxygen atoms in total. The van der Waals surface area contributed by atoms with Crippen LogP contribution in [0.15, 0.2) is 66.2 Å². The molecule has 0 aromatic heterocycles. The van der Waals surface area contributed by atoms with Crippen molar-refractivity contribution < 1.29 is 14.3 Å². The van der Waals surface area contributed by atoms with Crippen LogP contribution in [-0.4, -0.2) is 12.5 Å². The van der Waals surface area contributed by atoms with Crippen LogP contribution in [0.2, 0.25) is 5.02 Å². The molecule has 3 aromatic rings. The molecule has 0 radical (unpaired) electrons. The number of hydrogen-bond donors (Lipinski definition) is 1. The van der Waals surface area contributed by atoms with Gasteiger partial charge in [0.2, 0.25) is 0 Å². The van der Waals surface area contributed by atoms with Gasteiger partial charge in [-0.05, 0) is 61.2 Å². The zero-order chi connectivity index (χ0) is 24.5. The Morgan fingerprint density at radius 3 is 2.50 bits per heavy atom. The highest BCUT2D eigenvalue weighted by molar-refractivity contribution is 6.32. The number of aryl methyl sites for hydroxylation is 2. The zero-order valence-electron chi connectivity index (χ0n) is 19.5. The molecule has 1 amide bonds. The van der Waals surface area contributed by atoms with Crippen LogP contribution >= 0.6 is 11.6 Å². The third-order valence-electron chi connectivity index (χ3n) is 5.16. The molecule has 34 heavy (non-hydrogen) atoms. The number of carbonyl (C=O) groups is 1. The predicted octanol–water partition coefficient (Wildman–Crippen LogP) is 6.73. The van der Waals surface area contributed by atoms with Crippen LogP contribution in [0.3, 0.4) is 0 Å². The largest absolute Gasteiger partial charge is 0.490 e. The Bertz CT molecular complexity index is 1230. The van der Waals surface area contributed by atoms with E-state index < -0.39 is 5.91 Å². The maximum absolute atomic E-state index is 12.8. The van der Waals surface area contributed by atoms with Crippen molar-refractivity contribution in [3.63, 3.8) is 0 Å². The number of halogens is 1. The molecule has 0 saturated carbocycles. The Morgan fingerprint density at radius 1 is 1.09 bits per heavy atom. The lowest BCUT2D eigenvalue weighted by molar-refractivity contribution is -0.112. The fraction of sp³-hybridized carbons (Fsp3) is 0.214. The molecular formula is C28H27ClN2O3. The number of amides is 1. The molecule has 0 aliphatic heterocycles. The molecule has 0 fully saturated rings. The minimum Gasteiger partial charge on any atom is -0.490 e. The monoisotopic (exact) mass is 474 g/mol. The maximum atomic E-state index is 12.8. The summed E-state index contributed by atoms with van der Waals surface area (Å²) >= 11 is 6.52. The first-order valence-electron chi connectivity index (χ1n) is 11.1. The fourth-order valence-electron chi connectivity index (χ4n) is 3.37. The minimum atomic E-state index is -0.489. The molecule has 6 heteroatoms. The molecular weight excluding hydrogens is 448 g/mol. The van der Waals surface area contributed by atoms with Gasteiger partial charge in [0.15, 0.2) is 11.5 Å². The molecule has 0 unspecified atom stereocenters. The number of carbonyl (C=O) groups excluding carboxylic acids is 1. The van der Waals surface area contributed by atoms with Gasteiger partial charge in [-0.1, -0.05) is 66.6 Å². The molecule has 0 spiro atoms. The molecule has 1 N–H and O–H groups in total. The number of nitrogens with one attached hydrogen (secondary N) is 1. The Balaban J connectivity index is 1.85. The van der Waals surface area contributed by atoms with Crippen molar-refractivity contribution in [3.05, 3.63) is 93.5 Å². The molecule has 3 aromatic carbocycles. The Hall–Kier alpha value is -3.75. The van der Waals surface area contributed by atoms with E-state index in [-0.39, 0.29) is 5.57 Å². The van der Waals surface area contributed by atoms with Gasteiger partial charge in [-0.2, -0.15) is 5.26 Å². The SMILES string of the molecule is CCOc1cc(/C=C(\C#N)C(=O)Nc2ccccc2CC)cc(Cl)c1OCc1ccc(C)cc1. The van der Waals surface area contributed by atoms with Crippen molar-refractivity contribution in [3.8, 4) is 17.6 Å². The van der Waals surface area contributed by atoms with E-state index in [9.17, 15) is 10.1 Å². The lowest BCUT2D eigenvalue weighted by atomic mass is 10.1. The molecule has 174 valence electrons. The second-order valence-corrected chi connectivity index (χ2v) is 8.08. The van der Waals surface area contributed by atoms with Gasteiger partial charge in [-0.3, -0.25) is 4.79 Å². The minimum absolute atomic E-state index is 0.0438. The predicted molar refractivity (Wildman–Crippen MR) is 136 cm³/mol. The number of hydrogen-bond acceptors (Lipinski definition) is 4. The quantitative estimate of drug-likeness (QED) is 0.275. The summed E-state index contributed by atoms with van der Waals surface area (Å²) < 4.78 is 11.7. The summed E-state index contributed by atoms with van der Waals surface area (Å²) in [7, 11) is 0. The second kappa shape index (κ2) is 11.9. The highest BCUT2D eigenvalue weighted by atomic mass is 35.5. The molecule has 0 aliphatic rings. The van der Waals surface area contributed by atoms with E-state index in [2.05, 4.69) is 5.32 Å². The molecule has 0 atom stereocenters. The average molecular weight is 475 g/mol. The summed E-state index contributed by atoms with van der Waals surface area (Å²) in [6.07, 6.45) is 2.25. The molecule has 0 heterocycles. The maximum Gasteiger partial charge on any atom is 0.266 e. The topological polar surface area (TPSA) is 71.3 Å². The van der Waals surface area contributed by atoms with Gasteiger partial charge in [0.1, 0.15) is 18.2 Å². The van der Waals surface area contributed by atoms with Crippen molar-refractivity contribution in [1.82, 2.24) is 0 Å². The molecule has 0 bridgehead atoms. The molecule has 0 saturated heterocycles. The van der Waals surface area contributed by atoms with E-state index in [0.717, 1.165) is 17.5 Å². The number of ether oxygens (including phenoxy) is 2. The smallest absolute Gasteiger partial charge is 0.266 e. The van der Waals surface area contributed by atoms with Crippen LogP contribution in [0.5, 0.6) is 11.5 Å². The number of para-hydroxylation sites is 1. The van der Waals surface area contributed by atoms with Crippen LogP contribution in [0, 0.1) is 18.3 Å². The van der Waals surface area contributed by atoms with Gasteiger partial charge >= 0.3 is 0 Å². The summed E-state index contributed by atoms with van der Waals surface area (Å²) in [5, 5.41) is 12.8. The molecule has 3 rings (SSSR count). The summed E-state index contributed by atoms with van der Waals surface area (Å²) in [4.78, 5) is 12.8. The first-order valence-corrected chi connectivity index (χ1v) is 11.5. The van der Waals surface area contributed by atoms with Crippen molar-refractivity contribution in [2.45, 2.75) is 33.8 Å².